The number of hydrogen-bond acceptors (Lipinski definition) is 3. The Morgan fingerprint density at radius 2 is 1.65 bits per heavy atom. The van der Waals surface area contributed by atoms with E-state index in [1.807, 2.05) is 61.5 Å². The van der Waals surface area contributed by atoms with Crippen LogP contribution in [0.25, 0.3) is 22.4 Å². The van der Waals surface area contributed by atoms with E-state index in [0.717, 1.165) is 32.4 Å². The maximum absolute atomic E-state index is 9.48. The number of anilines is 1. The zero-order valence-electron chi connectivity index (χ0n) is 12.5. The van der Waals surface area contributed by atoms with Crippen LogP contribution in [0.4, 0.5) is 5.82 Å². The van der Waals surface area contributed by atoms with Crippen molar-refractivity contribution in [2.24, 2.45) is 0 Å². The lowest BCUT2D eigenvalue weighted by molar-refractivity contribution is 1.29. The van der Waals surface area contributed by atoms with Crippen LogP contribution < -0.4 is 5.73 Å². The van der Waals surface area contributed by atoms with E-state index in [9.17, 15) is 5.26 Å². The molecule has 0 amide bonds. The summed E-state index contributed by atoms with van der Waals surface area (Å²) in [4.78, 5) is 4.43. The second kappa shape index (κ2) is 6.23. The minimum Gasteiger partial charge on any atom is -0.383 e. The highest BCUT2D eigenvalue weighted by molar-refractivity contribution is 9.10. The molecule has 3 nitrogen and oxygen atoms in total. The first-order valence-electron chi connectivity index (χ1n) is 7.13. The number of nitriles is 1. The van der Waals surface area contributed by atoms with E-state index < -0.39 is 0 Å². The maximum Gasteiger partial charge on any atom is 0.142 e. The van der Waals surface area contributed by atoms with Gasteiger partial charge in [-0.15, -0.1) is 0 Å². The number of rotatable bonds is 2. The van der Waals surface area contributed by atoms with Gasteiger partial charge in [0, 0.05) is 15.6 Å². The van der Waals surface area contributed by atoms with Crippen LogP contribution in [-0.2, 0) is 0 Å². The third kappa shape index (κ3) is 2.84. The highest BCUT2D eigenvalue weighted by atomic mass is 79.9. The number of nitrogens with two attached hydrogens (primary N) is 1. The summed E-state index contributed by atoms with van der Waals surface area (Å²) >= 11 is 3.55. The van der Waals surface area contributed by atoms with Gasteiger partial charge < -0.3 is 5.73 Å². The summed E-state index contributed by atoms with van der Waals surface area (Å²) < 4.78 is 0.915. The van der Waals surface area contributed by atoms with Gasteiger partial charge in [-0.1, -0.05) is 58.4 Å². The Morgan fingerprint density at radius 3 is 2.30 bits per heavy atom. The van der Waals surface area contributed by atoms with Gasteiger partial charge in [-0.25, -0.2) is 4.98 Å². The smallest absolute Gasteiger partial charge is 0.142 e. The van der Waals surface area contributed by atoms with Gasteiger partial charge in [-0.3, -0.25) is 0 Å². The first-order chi connectivity index (χ1) is 11.1. The molecule has 1 heterocycles. The molecule has 112 valence electrons. The van der Waals surface area contributed by atoms with Crippen molar-refractivity contribution in [2.45, 2.75) is 6.92 Å². The number of aryl methyl sites for hydroxylation is 1. The molecule has 0 spiro atoms. The van der Waals surface area contributed by atoms with Crippen LogP contribution >= 0.6 is 15.9 Å². The van der Waals surface area contributed by atoms with Crippen molar-refractivity contribution < 1.29 is 0 Å². The normalized spacial score (nSPS) is 10.3. The molecule has 0 fully saturated rings. The summed E-state index contributed by atoms with van der Waals surface area (Å²) in [5, 5.41) is 9.48. The van der Waals surface area contributed by atoms with E-state index in [1.165, 1.54) is 0 Å². The van der Waals surface area contributed by atoms with E-state index in [4.69, 9.17) is 5.73 Å². The SMILES string of the molecule is Cc1ccccc1-c1cc(-c2ccccc2Br)c(C#N)c(N)n1. The van der Waals surface area contributed by atoms with E-state index in [2.05, 4.69) is 27.0 Å². The highest BCUT2D eigenvalue weighted by Crippen LogP contribution is 2.35. The summed E-state index contributed by atoms with van der Waals surface area (Å²) in [6.45, 7) is 2.03. The molecule has 0 saturated carbocycles. The van der Waals surface area contributed by atoms with Crippen LogP contribution in [0.5, 0.6) is 0 Å². The largest absolute Gasteiger partial charge is 0.383 e. The van der Waals surface area contributed by atoms with Gasteiger partial charge in [0.25, 0.3) is 0 Å². The third-order valence-corrected chi connectivity index (χ3v) is 4.44. The lowest BCUT2D eigenvalue weighted by Gasteiger charge is -2.12. The molecule has 0 aliphatic heterocycles. The van der Waals surface area contributed by atoms with Crippen molar-refractivity contribution in [3.05, 3.63) is 70.2 Å². The van der Waals surface area contributed by atoms with Crippen molar-refractivity contribution in [1.29, 1.82) is 5.26 Å². The number of pyridine rings is 1. The van der Waals surface area contributed by atoms with Crippen LogP contribution in [0.15, 0.2) is 59.1 Å². The van der Waals surface area contributed by atoms with E-state index in [0.29, 0.717) is 5.56 Å². The van der Waals surface area contributed by atoms with Crippen molar-refractivity contribution in [3.63, 3.8) is 0 Å². The number of halogens is 1. The standard InChI is InChI=1S/C19H14BrN3/c1-12-6-2-3-7-13(12)18-10-15(16(11-21)19(22)23-18)14-8-4-5-9-17(14)20/h2-10H,1H3,(H2,22,23). The molecular formula is C19H14BrN3. The van der Waals surface area contributed by atoms with Crippen LogP contribution in [-0.4, -0.2) is 4.98 Å². The molecule has 0 atom stereocenters. The second-order valence-electron chi connectivity index (χ2n) is 5.22. The number of benzene rings is 2. The summed E-state index contributed by atoms with van der Waals surface area (Å²) in [6, 6.07) is 19.9. The molecule has 4 heteroatoms. The van der Waals surface area contributed by atoms with Crippen molar-refractivity contribution in [3.8, 4) is 28.5 Å². The molecule has 1 aromatic heterocycles. The van der Waals surface area contributed by atoms with Crippen LogP contribution in [0.2, 0.25) is 0 Å². The monoisotopic (exact) mass is 363 g/mol. The van der Waals surface area contributed by atoms with Gasteiger partial charge in [0.2, 0.25) is 0 Å². The van der Waals surface area contributed by atoms with Crippen LogP contribution in [0.1, 0.15) is 11.1 Å². The summed E-state index contributed by atoms with van der Waals surface area (Å²) in [7, 11) is 0. The molecular weight excluding hydrogens is 350 g/mol. The molecule has 2 N–H and O–H groups in total. The molecule has 0 radical (unpaired) electrons. The molecule has 0 unspecified atom stereocenters. The summed E-state index contributed by atoms with van der Waals surface area (Å²) in [5.41, 5.74) is 11.1. The van der Waals surface area contributed by atoms with Gasteiger partial charge in [-0.05, 0) is 30.2 Å². The minimum atomic E-state index is 0.249. The van der Waals surface area contributed by atoms with Gasteiger partial charge >= 0.3 is 0 Å². The molecule has 0 aliphatic carbocycles. The fourth-order valence-corrected chi connectivity index (χ4v) is 3.07. The van der Waals surface area contributed by atoms with Crippen molar-refractivity contribution in [2.75, 3.05) is 5.73 Å². The van der Waals surface area contributed by atoms with E-state index >= 15 is 0 Å². The van der Waals surface area contributed by atoms with Crippen LogP contribution in [0, 0.1) is 18.3 Å². The molecule has 3 aromatic rings. The number of aromatic nitrogens is 1. The first kappa shape index (κ1) is 15.3. The molecule has 23 heavy (non-hydrogen) atoms. The van der Waals surface area contributed by atoms with Gasteiger partial charge in [0.05, 0.1) is 5.69 Å². The lowest BCUT2D eigenvalue weighted by Crippen LogP contribution is -2.00. The molecule has 0 saturated heterocycles. The van der Waals surface area contributed by atoms with Gasteiger partial charge in [0.15, 0.2) is 0 Å². The zero-order chi connectivity index (χ0) is 16.4. The quantitative estimate of drug-likeness (QED) is 0.701. The van der Waals surface area contributed by atoms with E-state index in [1.54, 1.807) is 0 Å². The van der Waals surface area contributed by atoms with Crippen molar-refractivity contribution in [1.82, 2.24) is 4.98 Å². The minimum absolute atomic E-state index is 0.249. The fraction of sp³-hybridized carbons (Fsp3) is 0.0526. The average Bonchev–Trinajstić information content (AvgIpc) is 2.55. The first-order valence-corrected chi connectivity index (χ1v) is 7.92. The zero-order valence-corrected chi connectivity index (χ0v) is 14.1. The average molecular weight is 364 g/mol. The lowest BCUT2D eigenvalue weighted by atomic mass is 9.97. The fourth-order valence-electron chi connectivity index (χ4n) is 2.57. The number of nitrogens with zero attached hydrogens (tertiary/aromatic N) is 2. The number of hydrogen-bond donors (Lipinski definition) is 1. The molecule has 0 aliphatic rings. The van der Waals surface area contributed by atoms with Crippen molar-refractivity contribution >= 4 is 21.7 Å². The van der Waals surface area contributed by atoms with Gasteiger partial charge in [0.1, 0.15) is 17.5 Å². The Morgan fingerprint density at radius 1 is 1.00 bits per heavy atom. The predicted molar refractivity (Wildman–Crippen MR) is 96.7 cm³/mol. The molecule has 0 bridgehead atoms. The van der Waals surface area contributed by atoms with Gasteiger partial charge in [-0.2, -0.15) is 5.26 Å². The Labute approximate surface area is 143 Å². The van der Waals surface area contributed by atoms with Crippen LogP contribution in [0.3, 0.4) is 0 Å². The van der Waals surface area contributed by atoms with E-state index in [-0.39, 0.29) is 5.82 Å². The summed E-state index contributed by atoms with van der Waals surface area (Å²) in [6.07, 6.45) is 0. The third-order valence-electron chi connectivity index (χ3n) is 3.74. The summed E-state index contributed by atoms with van der Waals surface area (Å²) in [5.74, 6) is 0.249. The maximum atomic E-state index is 9.48. The Bertz CT molecular complexity index is 926. The second-order valence-corrected chi connectivity index (χ2v) is 6.08. The molecule has 2 aromatic carbocycles. The predicted octanol–water partition coefficient (Wildman–Crippen LogP) is 4.94. The number of nitrogen functional groups attached to an aromatic ring is 1. The topological polar surface area (TPSA) is 62.7 Å². The Hall–Kier alpha value is -2.64. The highest BCUT2D eigenvalue weighted by Gasteiger charge is 2.15. The molecule has 3 rings (SSSR count). The Kier molecular flexibility index (Phi) is 4.14. The Balaban J connectivity index is 2.30.